The third kappa shape index (κ3) is 1.38. The molecule has 0 unspecified atom stereocenters. The van der Waals surface area contributed by atoms with Crippen LogP contribution in [0.3, 0.4) is 0 Å². The standard InChI is InChI=1S/C10H9BrO2S/c1-13-10-6(4-11)2-3-8-9(10)7(12)5-14-8/h2-3,5,12H,4H2,1H3. The van der Waals surface area contributed by atoms with Gasteiger partial charge in [-0.2, -0.15) is 0 Å². The van der Waals surface area contributed by atoms with Crippen LogP contribution in [0.15, 0.2) is 17.5 Å². The summed E-state index contributed by atoms with van der Waals surface area (Å²) in [5.74, 6) is 1.06. The molecule has 0 bridgehead atoms. The zero-order valence-electron chi connectivity index (χ0n) is 7.58. The summed E-state index contributed by atoms with van der Waals surface area (Å²) < 4.78 is 6.35. The fraction of sp³-hybridized carbons (Fsp3) is 0.200. The Hall–Kier alpha value is -0.740. The molecule has 0 aliphatic rings. The van der Waals surface area contributed by atoms with E-state index in [1.165, 1.54) is 11.3 Å². The molecule has 0 atom stereocenters. The van der Waals surface area contributed by atoms with Crippen molar-refractivity contribution < 1.29 is 9.84 Å². The minimum atomic E-state index is 0.296. The van der Waals surface area contributed by atoms with Crippen molar-refractivity contribution in [1.29, 1.82) is 0 Å². The molecular weight excluding hydrogens is 264 g/mol. The van der Waals surface area contributed by atoms with Crippen molar-refractivity contribution in [2.75, 3.05) is 7.11 Å². The molecule has 0 spiro atoms. The van der Waals surface area contributed by atoms with Gasteiger partial charge in [-0.25, -0.2) is 0 Å². The van der Waals surface area contributed by atoms with E-state index in [0.29, 0.717) is 5.75 Å². The Morgan fingerprint density at radius 2 is 2.29 bits per heavy atom. The summed E-state index contributed by atoms with van der Waals surface area (Å²) in [7, 11) is 1.62. The molecule has 14 heavy (non-hydrogen) atoms. The first kappa shape index (κ1) is 9.80. The van der Waals surface area contributed by atoms with E-state index < -0.39 is 0 Å². The average molecular weight is 273 g/mol. The van der Waals surface area contributed by atoms with Crippen LogP contribution in [-0.4, -0.2) is 12.2 Å². The molecule has 0 saturated heterocycles. The minimum Gasteiger partial charge on any atom is -0.506 e. The number of hydrogen-bond donors (Lipinski definition) is 1. The van der Waals surface area contributed by atoms with Crippen LogP contribution in [-0.2, 0) is 5.33 Å². The van der Waals surface area contributed by atoms with E-state index in [0.717, 1.165) is 26.7 Å². The highest BCUT2D eigenvalue weighted by atomic mass is 79.9. The number of alkyl halides is 1. The summed E-state index contributed by atoms with van der Waals surface area (Å²) in [6, 6.07) is 4.00. The van der Waals surface area contributed by atoms with Gasteiger partial charge in [-0.1, -0.05) is 22.0 Å². The topological polar surface area (TPSA) is 29.5 Å². The van der Waals surface area contributed by atoms with Gasteiger partial charge in [0.25, 0.3) is 0 Å². The summed E-state index contributed by atoms with van der Waals surface area (Å²) in [5.41, 5.74) is 1.05. The number of fused-ring (bicyclic) bond motifs is 1. The molecule has 2 nitrogen and oxygen atoms in total. The number of aromatic hydroxyl groups is 1. The molecule has 0 aliphatic carbocycles. The van der Waals surface area contributed by atoms with Gasteiger partial charge in [0, 0.05) is 21.0 Å². The maximum atomic E-state index is 9.66. The van der Waals surface area contributed by atoms with Crippen molar-refractivity contribution in [3.8, 4) is 11.5 Å². The van der Waals surface area contributed by atoms with Crippen LogP contribution in [0.1, 0.15) is 5.56 Å². The summed E-state index contributed by atoms with van der Waals surface area (Å²) >= 11 is 4.91. The van der Waals surface area contributed by atoms with Crippen molar-refractivity contribution in [3.63, 3.8) is 0 Å². The van der Waals surface area contributed by atoms with Gasteiger partial charge in [0.05, 0.1) is 12.5 Å². The minimum absolute atomic E-state index is 0.296. The lowest BCUT2D eigenvalue weighted by Crippen LogP contribution is -1.89. The molecule has 0 saturated carbocycles. The van der Waals surface area contributed by atoms with E-state index in [1.807, 2.05) is 12.1 Å². The number of halogens is 1. The Balaban J connectivity index is 2.81. The summed E-state index contributed by atoms with van der Waals surface area (Å²) in [6.45, 7) is 0. The third-order valence-corrected chi connectivity index (χ3v) is 3.64. The van der Waals surface area contributed by atoms with Crippen molar-refractivity contribution in [1.82, 2.24) is 0 Å². The molecule has 1 aromatic heterocycles. The zero-order chi connectivity index (χ0) is 10.1. The van der Waals surface area contributed by atoms with Crippen molar-refractivity contribution in [2.45, 2.75) is 5.33 Å². The number of methoxy groups -OCH3 is 1. The molecule has 0 aliphatic heterocycles. The highest BCUT2D eigenvalue weighted by Crippen LogP contribution is 2.40. The van der Waals surface area contributed by atoms with Gasteiger partial charge in [-0.15, -0.1) is 11.3 Å². The number of rotatable bonds is 2. The lowest BCUT2D eigenvalue weighted by molar-refractivity contribution is 0.413. The van der Waals surface area contributed by atoms with Gasteiger partial charge in [0.2, 0.25) is 0 Å². The van der Waals surface area contributed by atoms with Crippen LogP contribution in [0.25, 0.3) is 10.1 Å². The molecule has 0 fully saturated rings. The lowest BCUT2D eigenvalue weighted by atomic mass is 10.1. The lowest BCUT2D eigenvalue weighted by Gasteiger charge is -2.07. The Morgan fingerprint density at radius 3 is 2.93 bits per heavy atom. The van der Waals surface area contributed by atoms with Gasteiger partial charge in [-0.3, -0.25) is 0 Å². The van der Waals surface area contributed by atoms with Crippen molar-refractivity contribution in [2.24, 2.45) is 0 Å². The second-order valence-electron chi connectivity index (χ2n) is 2.89. The molecule has 0 amide bonds. The smallest absolute Gasteiger partial charge is 0.137 e. The molecular formula is C10H9BrO2S. The number of thiophene rings is 1. The molecule has 2 rings (SSSR count). The van der Waals surface area contributed by atoms with Crippen LogP contribution >= 0.6 is 27.3 Å². The summed E-state index contributed by atoms with van der Waals surface area (Å²) in [4.78, 5) is 0. The Morgan fingerprint density at radius 1 is 1.50 bits per heavy atom. The van der Waals surface area contributed by atoms with Crippen LogP contribution in [0.4, 0.5) is 0 Å². The predicted molar refractivity (Wildman–Crippen MR) is 62.7 cm³/mol. The second kappa shape index (κ2) is 3.79. The van der Waals surface area contributed by atoms with Crippen LogP contribution in [0.5, 0.6) is 11.5 Å². The first-order valence-electron chi connectivity index (χ1n) is 4.10. The number of benzene rings is 1. The van der Waals surface area contributed by atoms with E-state index in [2.05, 4.69) is 15.9 Å². The van der Waals surface area contributed by atoms with E-state index in [-0.39, 0.29) is 0 Å². The molecule has 74 valence electrons. The third-order valence-electron chi connectivity index (χ3n) is 2.10. The molecule has 1 aromatic carbocycles. The quantitative estimate of drug-likeness (QED) is 0.848. The Kier molecular flexibility index (Phi) is 2.65. The molecule has 2 aromatic rings. The Bertz CT molecular complexity index is 464. The Labute approximate surface area is 94.3 Å². The van der Waals surface area contributed by atoms with Crippen LogP contribution in [0.2, 0.25) is 0 Å². The monoisotopic (exact) mass is 272 g/mol. The van der Waals surface area contributed by atoms with Gasteiger partial charge >= 0.3 is 0 Å². The van der Waals surface area contributed by atoms with E-state index in [9.17, 15) is 5.11 Å². The second-order valence-corrected chi connectivity index (χ2v) is 4.36. The zero-order valence-corrected chi connectivity index (χ0v) is 9.98. The molecule has 1 heterocycles. The van der Waals surface area contributed by atoms with E-state index in [4.69, 9.17) is 4.74 Å². The fourth-order valence-corrected chi connectivity index (χ4v) is 2.72. The normalized spacial score (nSPS) is 10.7. The highest BCUT2D eigenvalue weighted by molar-refractivity contribution is 9.08. The SMILES string of the molecule is COc1c(CBr)ccc2scc(O)c12. The van der Waals surface area contributed by atoms with Crippen LogP contribution in [0, 0.1) is 0 Å². The van der Waals surface area contributed by atoms with E-state index >= 15 is 0 Å². The largest absolute Gasteiger partial charge is 0.506 e. The predicted octanol–water partition coefficient (Wildman–Crippen LogP) is 3.51. The summed E-state index contributed by atoms with van der Waals surface area (Å²) in [5, 5.41) is 12.9. The molecule has 0 radical (unpaired) electrons. The van der Waals surface area contributed by atoms with Crippen molar-refractivity contribution in [3.05, 3.63) is 23.1 Å². The van der Waals surface area contributed by atoms with Crippen molar-refractivity contribution >= 4 is 37.4 Å². The maximum Gasteiger partial charge on any atom is 0.137 e. The summed E-state index contributed by atoms with van der Waals surface area (Å²) in [6.07, 6.45) is 0. The first-order valence-corrected chi connectivity index (χ1v) is 6.10. The van der Waals surface area contributed by atoms with Gasteiger partial charge < -0.3 is 9.84 Å². The average Bonchev–Trinajstić information content (AvgIpc) is 2.59. The molecule has 1 N–H and O–H groups in total. The van der Waals surface area contributed by atoms with E-state index in [1.54, 1.807) is 12.5 Å². The fourth-order valence-electron chi connectivity index (χ4n) is 1.47. The first-order chi connectivity index (χ1) is 6.77. The number of ether oxygens (including phenoxy) is 1. The maximum absolute atomic E-state index is 9.66. The highest BCUT2D eigenvalue weighted by Gasteiger charge is 2.12. The van der Waals surface area contributed by atoms with Gasteiger partial charge in [0.15, 0.2) is 0 Å². The van der Waals surface area contributed by atoms with Crippen LogP contribution < -0.4 is 4.74 Å². The van der Waals surface area contributed by atoms with Gasteiger partial charge in [-0.05, 0) is 6.07 Å². The molecule has 4 heteroatoms. The van der Waals surface area contributed by atoms with Gasteiger partial charge in [0.1, 0.15) is 11.5 Å². The number of hydrogen-bond acceptors (Lipinski definition) is 3.